The number of ketones is 1. The van der Waals surface area contributed by atoms with Crippen LogP contribution in [0.2, 0.25) is 0 Å². The van der Waals surface area contributed by atoms with Crippen LogP contribution >= 0.6 is 0 Å². The molecule has 2 aliphatic rings. The predicted molar refractivity (Wildman–Crippen MR) is 91.5 cm³/mol. The number of rotatable bonds is 6. The molecule has 1 aromatic rings. The SMILES string of the molecule is COc1ccc(C(=O)C(=O)NCC(=O)N2CCN(C3CC3)CC2)cc1. The Kier molecular flexibility index (Phi) is 5.33. The number of ether oxygens (including phenoxy) is 1. The highest BCUT2D eigenvalue weighted by Crippen LogP contribution is 2.27. The van der Waals surface area contributed by atoms with Crippen molar-refractivity contribution >= 4 is 17.6 Å². The second kappa shape index (κ2) is 7.65. The van der Waals surface area contributed by atoms with E-state index in [-0.39, 0.29) is 18.0 Å². The monoisotopic (exact) mass is 345 g/mol. The fourth-order valence-electron chi connectivity index (χ4n) is 3.00. The van der Waals surface area contributed by atoms with Crippen LogP contribution in [0.25, 0.3) is 0 Å². The van der Waals surface area contributed by atoms with Crippen molar-refractivity contribution in [2.75, 3.05) is 39.8 Å². The highest BCUT2D eigenvalue weighted by atomic mass is 16.5. The van der Waals surface area contributed by atoms with Crippen LogP contribution in [0.4, 0.5) is 0 Å². The number of carbonyl (C=O) groups excluding carboxylic acids is 3. The Morgan fingerprint density at radius 3 is 2.28 bits per heavy atom. The van der Waals surface area contributed by atoms with E-state index in [1.165, 1.54) is 32.1 Å². The first-order valence-electron chi connectivity index (χ1n) is 8.57. The third-order valence-corrected chi connectivity index (χ3v) is 4.69. The van der Waals surface area contributed by atoms with Crippen molar-refractivity contribution in [1.82, 2.24) is 15.1 Å². The molecule has 1 saturated carbocycles. The Bertz CT molecular complexity index is 647. The summed E-state index contributed by atoms with van der Waals surface area (Å²) in [5.41, 5.74) is 0.267. The Hall–Kier alpha value is -2.41. The molecule has 0 atom stereocenters. The van der Waals surface area contributed by atoms with Gasteiger partial charge in [-0.2, -0.15) is 0 Å². The summed E-state index contributed by atoms with van der Waals surface area (Å²) in [5, 5.41) is 2.43. The van der Waals surface area contributed by atoms with Gasteiger partial charge in [0.1, 0.15) is 5.75 Å². The molecule has 0 bridgehead atoms. The van der Waals surface area contributed by atoms with E-state index in [9.17, 15) is 14.4 Å². The van der Waals surface area contributed by atoms with Gasteiger partial charge in [0, 0.05) is 37.8 Å². The summed E-state index contributed by atoms with van der Waals surface area (Å²) in [6.07, 6.45) is 2.52. The molecule has 1 aromatic carbocycles. The first kappa shape index (κ1) is 17.4. The van der Waals surface area contributed by atoms with E-state index in [0.29, 0.717) is 24.9 Å². The number of carbonyl (C=O) groups is 3. The Labute approximate surface area is 146 Å². The van der Waals surface area contributed by atoms with Gasteiger partial charge in [0.2, 0.25) is 11.7 Å². The van der Waals surface area contributed by atoms with Crippen molar-refractivity contribution < 1.29 is 19.1 Å². The molecule has 134 valence electrons. The lowest BCUT2D eigenvalue weighted by atomic mass is 10.1. The largest absolute Gasteiger partial charge is 0.497 e. The molecule has 1 aliphatic carbocycles. The number of hydrogen-bond donors (Lipinski definition) is 1. The predicted octanol–water partition coefficient (Wildman–Crippen LogP) is 0.301. The standard InChI is InChI=1S/C18H23N3O4/c1-25-15-6-2-13(3-7-15)17(23)18(24)19-12-16(22)21-10-8-20(9-11-21)14-4-5-14/h2-3,6-7,14H,4-5,8-12H2,1H3,(H,19,24). The molecule has 2 fully saturated rings. The summed E-state index contributed by atoms with van der Waals surface area (Å²) < 4.78 is 5.02. The third kappa shape index (κ3) is 4.36. The van der Waals surface area contributed by atoms with E-state index in [4.69, 9.17) is 4.74 Å². The van der Waals surface area contributed by atoms with Crippen molar-refractivity contribution in [2.24, 2.45) is 0 Å². The first-order chi connectivity index (χ1) is 12.1. The molecule has 1 saturated heterocycles. The highest BCUT2D eigenvalue weighted by Gasteiger charge is 2.32. The fourth-order valence-corrected chi connectivity index (χ4v) is 3.00. The Balaban J connectivity index is 1.44. The number of nitrogens with zero attached hydrogens (tertiary/aromatic N) is 2. The lowest BCUT2D eigenvalue weighted by Gasteiger charge is -2.34. The van der Waals surface area contributed by atoms with Gasteiger partial charge in [0.25, 0.3) is 5.91 Å². The van der Waals surface area contributed by atoms with Gasteiger partial charge in [0.05, 0.1) is 13.7 Å². The molecule has 1 aliphatic heterocycles. The van der Waals surface area contributed by atoms with Crippen LogP contribution in [0, 0.1) is 0 Å². The summed E-state index contributed by atoms with van der Waals surface area (Å²) >= 11 is 0. The number of amides is 2. The van der Waals surface area contributed by atoms with Crippen molar-refractivity contribution in [3.05, 3.63) is 29.8 Å². The van der Waals surface area contributed by atoms with Gasteiger partial charge >= 0.3 is 0 Å². The molecule has 25 heavy (non-hydrogen) atoms. The molecule has 3 rings (SSSR count). The molecule has 0 spiro atoms. The van der Waals surface area contributed by atoms with Gasteiger partial charge in [-0.15, -0.1) is 0 Å². The van der Waals surface area contributed by atoms with Crippen LogP contribution in [-0.4, -0.2) is 73.3 Å². The van der Waals surface area contributed by atoms with E-state index >= 15 is 0 Å². The van der Waals surface area contributed by atoms with Crippen molar-refractivity contribution in [3.63, 3.8) is 0 Å². The molecule has 0 radical (unpaired) electrons. The lowest BCUT2D eigenvalue weighted by Crippen LogP contribution is -2.52. The second-order valence-electron chi connectivity index (χ2n) is 6.39. The van der Waals surface area contributed by atoms with Gasteiger partial charge in [-0.3, -0.25) is 19.3 Å². The number of Topliss-reactive ketones (excluding diaryl/α,β-unsaturated/α-hetero) is 1. The summed E-state index contributed by atoms with van der Waals surface area (Å²) in [5.74, 6) is -0.965. The summed E-state index contributed by atoms with van der Waals surface area (Å²) in [4.78, 5) is 40.4. The quantitative estimate of drug-likeness (QED) is 0.593. The van der Waals surface area contributed by atoms with Crippen LogP contribution in [-0.2, 0) is 9.59 Å². The molecule has 7 nitrogen and oxygen atoms in total. The topological polar surface area (TPSA) is 78.9 Å². The van der Waals surface area contributed by atoms with Crippen LogP contribution in [0.3, 0.4) is 0 Å². The fraction of sp³-hybridized carbons (Fsp3) is 0.500. The van der Waals surface area contributed by atoms with Crippen molar-refractivity contribution in [1.29, 1.82) is 0 Å². The molecule has 2 amide bonds. The Morgan fingerprint density at radius 2 is 1.72 bits per heavy atom. The van der Waals surface area contributed by atoms with Crippen LogP contribution in [0.15, 0.2) is 24.3 Å². The molecule has 0 aromatic heterocycles. The van der Waals surface area contributed by atoms with Gasteiger partial charge in [-0.1, -0.05) is 0 Å². The molecule has 7 heteroatoms. The molecule has 1 heterocycles. The summed E-state index contributed by atoms with van der Waals surface area (Å²) in [6.45, 7) is 2.98. The summed E-state index contributed by atoms with van der Waals surface area (Å²) in [6, 6.07) is 6.99. The molecular formula is C18H23N3O4. The van der Waals surface area contributed by atoms with E-state index in [1.54, 1.807) is 17.0 Å². The zero-order valence-corrected chi connectivity index (χ0v) is 14.4. The van der Waals surface area contributed by atoms with E-state index in [2.05, 4.69) is 10.2 Å². The number of methoxy groups -OCH3 is 1. The van der Waals surface area contributed by atoms with Gasteiger partial charge in [-0.25, -0.2) is 0 Å². The highest BCUT2D eigenvalue weighted by molar-refractivity contribution is 6.43. The maximum atomic E-state index is 12.2. The van der Waals surface area contributed by atoms with E-state index in [0.717, 1.165) is 13.1 Å². The number of benzene rings is 1. The number of hydrogen-bond acceptors (Lipinski definition) is 5. The third-order valence-electron chi connectivity index (χ3n) is 4.69. The molecule has 0 unspecified atom stereocenters. The zero-order chi connectivity index (χ0) is 17.8. The minimum Gasteiger partial charge on any atom is -0.497 e. The molecular weight excluding hydrogens is 322 g/mol. The lowest BCUT2D eigenvalue weighted by molar-refractivity contribution is -0.133. The maximum absolute atomic E-state index is 12.2. The van der Waals surface area contributed by atoms with Crippen molar-refractivity contribution in [2.45, 2.75) is 18.9 Å². The van der Waals surface area contributed by atoms with Gasteiger partial charge in [0.15, 0.2) is 0 Å². The second-order valence-corrected chi connectivity index (χ2v) is 6.39. The smallest absolute Gasteiger partial charge is 0.292 e. The van der Waals surface area contributed by atoms with Crippen LogP contribution < -0.4 is 10.1 Å². The number of nitrogens with one attached hydrogen (secondary N) is 1. The normalized spacial score (nSPS) is 17.9. The van der Waals surface area contributed by atoms with E-state index in [1.807, 2.05) is 0 Å². The van der Waals surface area contributed by atoms with Crippen LogP contribution in [0.5, 0.6) is 5.75 Å². The summed E-state index contributed by atoms with van der Waals surface area (Å²) in [7, 11) is 1.53. The average molecular weight is 345 g/mol. The number of piperazine rings is 1. The van der Waals surface area contributed by atoms with Crippen molar-refractivity contribution in [3.8, 4) is 5.75 Å². The minimum absolute atomic E-state index is 0.147. The maximum Gasteiger partial charge on any atom is 0.292 e. The molecule has 1 N–H and O–H groups in total. The minimum atomic E-state index is -0.768. The first-order valence-corrected chi connectivity index (χ1v) is 8.57. The van der Waals surface area contributed by atoms with Crippen LogP contribution in [0.1, 0.15) is 23.2 Å². The Morgan fingerprint density at radius 1 is 1.08 bits per heavy atom. The average Bonchev–Trinajstić information content (AvgIpc) is 3.50. The van der Waals surface area contributed by atoms with E-state index < -0.39 is 11.7 Å². The van der Waals surface area contributed by atoms with Gasteiger partial charge < -0.3 is 15.0 Å². The zero-order valence-electron chi connectivity index (χ0n) is 14.4. The van der Waals surface area contributed by atoms with Gasteiger partial charge in [-0.05, 0) is 37.1 Å².